The van der Waals surface area contributed by atoms with Crippen LogP contribution in [0.25, 0.3) is 0 Å². The van der Waals surface area contributed by atoms with Crippen molar-refractivity contribution in [3.63, 3.8) is 0 Å². The van der Waals surface area contributed by atoms with Crippen LogP contribution in [0.4, 0.5) is 26.3 Å². The molecule has 0 saturated carbocycles. The highest BCUT2D eigenvalue weighted by Gasteiger charge is 2.30. The fourth-order valence-corrected chi connectivity index (χ4v) is 0.436. The molecule has 0 fully saturated rings. The van der Waals surface area contributed by atoms with Crippen LogP contribution in [0, 0.1) is 0 Å². The monoisotopic (exact) mass is 256 g/mol. The highest BCUT2D eigenvalue weighted by atomic mass is 19.4. The molecule has 0 saturated heterocycles. The van der Waals surface area contributed by atoms with Gasteiger partial charge in [0.05, 0.1) is 0 Å². The molecule has 0 amide bonds. The van der Waals surface area contributed by atoms with Crippen molar-refractivity contribution in [2.75, 3.05) is 19.8 Å². The van der Waals surface area contributed by atoms with E-state index in [1.807, 2.05) is 0 Å². The lowest BCUT2D eigenvalue weighted by Gasteiger charge is -2.08. The predicted molar refractivity (Wildman–Crippen MR) is 35.0 cm³/mol. The molecular weight excluding hydrogens is 250 g/mol. The molecule has 0 aliphatic carbocycles. The summed E-state index contributed by atoms with van der Waals surface area (Å²) in [5, 5.41) is 0. The first kappa shape index (κ1) is 15.0. The summed E-state index contributed by atoms with van der Waals surface area (Å²) in [4.78, 5) is 17.3. The van der Waals surface area contributed by atoms with Crippen molar-refractivity contribution in [2.24, 2.45) is 0 Å². The van der Waals surface area contributed by atoms with Crippen molar-refractivity contribution in [3.8, 4) is 0 Å². The van der Waals surface area contributed by atoms with Crippen molar-refractivity contribution in [1.82, 2.24) is 0 Å². The number of ether oxygens (including phenoxy) is 1. The quantitative estimate of drug-likeness (QED) is 0.426. The highest BCUT2D eigenvalue weighted by Crippen LogP contribution is 2.15. The molecule has 0 heterocycles. The van der Waals surface area contributed by atoms with Gasteiger partial charge in [-0.1, -0.05) is 0 Å². The summed E-state index contributed by atoms with van der Waals surface area (Å²) in [5.74, 6) is -1.49. The van der Waals surface area contributed by atoms with Gasteiger partial charge in [-0.15, -0.1) is 0 Å². The van der Waals surface area contributed by atoms with Gasteiger partial charge in [-0.3, -0.25) is 4.89 Å². The van der Waals surface area contributed by atoms with Crippen LogP contribution >= 0.6 is 0 Å². The lowest BCUT2D eigenvalue weighted by Crippen LogP contribution is -2.23. The van der Waals surface area contributed by atoms with Crippen LogP contribution in [0.1, 0.15) is 0 Å². The lowest BCUT2D eigenvalue weighted by molar-refractivity contribution is -0.319. The molecule has 0 aromatic carbocycles. The van der Waals surface area contributed by atoms with Gasteiger partial charge in [0.2, 0.25) is 0 Å². The number of alkyl halides is 6. The van der Waals surface area contributed by atoms with Crippen molar-refractivity contribution in [2.45, 2.75) is 12.4 Å². The first-order valence-corrected chi connectivity index (χ1v) is 3.64. The second kappa shape index (κ2) is 5.89. The van der Waals surface area contributed by atoms with E-state index in [1.165, 1.54) is 0 Å². The standard InChI is InChI=1S/C6H6F6O4/c7-5(8,9)2-14-1-4(13)16-15-3-6(10,11)12/h1-3H2. The molecule has 16 heavy (non-hydrogen) atoms. The molecule has 0 radical (unpaired) electrons. The average Bonchev–Trinajstić information content (AvgIpc) is 1.98. The topological polar surface area (TPSA) is 44.8 Å². The molecule has 0 aliphatic rings. The van der Waals surface area contributed by atoms with Gasteiger partial charge < -0.3 is 4.74 Å². The van der Waals surface area contributed by atoms with E-state index in [0.29, 0.717) is 0 Å². The smallest absolute Gasteiger partial charge is 0.360 e. The van der Waals surface area contributed by atoms with Gasteiger partial charge in [0.15, 0.2) is 6.61 Å². The normalized spacial score (nSPS) is 12.6. The minimum atomic E-state index is -4.70. The summed E-state index contributed by atoms with van der Waals surface area (Å²) in [6.07, 6.45) is -9.33. The zero-order chi connectivity index (χ0) is 12.8. The Labute approximate surface area is 85.0 Å². The Morgan fingerprint density at radius 2 is 1.44 bits per heavy atom. The summed E-state index contributed by atoms with van der Waals surface area (Å²) >= 11 is 0. The summed E-state index contributed by atoms with van der Waals surface area (Å²) in [7, 11) is 0. The molecule has 0 atom stereocenters. The van der Waals surface area contributed by atoms with Gasteiger partial charge in [-0.05, 0) is 0 Å². The third-order valence-corrected chi connectivity index (χ3v) is 0.860. The van der Waals surface area contributed by atoms with Crippen molar-refractivity contribution >= 4 is 5.97 Å². The molecule has 0 aromatic rings. The van der Waals surface area contributed by atoms with Gasteiger partial charge in [-0.25, -0.2) is 4.79 Å². The molecular formula is C6H6F6O4. The first-order valence-electron chi connectivity index (χ1n) is 3.64. The Morgan fingerprint density at radius 1 is 0.938 bits per heavy atom. The minimum Gasteiger partial charge on any atom is -0.360 e. The second-order valence-electron chi connectivity index (χ2n) is 2.44. The van der Waals surface area contributed by atoms with Crippen LogP contribution in [0.15, 0.2) is 0 Å². The van der Waals surface area contributed by atoms with Crippen LogP contribution < -0.4 is 0 Å². The summed E-state index contributed by atoms with van der Waals surface area (Å²) in [5.41, 5.74) is 0. The Morgan fingerprint density at radius 3 is 1.88 bits per heavy atom. The Hall–Kier alpha value is -1.03. The summed E-state index contributed by atoms with van der Waals surface area (Å²) in [6, 6.07) is 0. The van der Waals surface area contributed by atoms with E-state index in [2.05, 4.69) is 14.5 Å². The summed E-state index contributed by atoms with van der Waals surface area (Å²) < 4.78 is 72.4. The molecule has 96 valence electrons. The maximum absolute atomic E-state index is 11.5. The molecule has 0 bridgehead atoms. The van der Waals surface area contributed by atoms with E-state index in [9.17, 15) is 31.1 Å². The predicted octanol–water partition coefficient (Wildman–Crippen LogP) is 1.60. The number of carbonyl (C=O) groups is 1. The van der Waals surface area contributed by atoms with Gasteiger partial charge >= 0.3 is 18.3 Å². The molecule has 0 aliphatic heterocycles. The van der Waals surface area contributed by atoms with E-state index in [0.717, 1.165) is 0 Å². The number of rotatable bonds is 5. The number of hydrogen-bond donors (Lipinski definition) is 0. The third kappa shape index (κ3) is 11.0. The average molecular weight is 256 g/mol. The molecule has 10 heteroatoms. The van der Waals surface area contributed by atoms with Crippen LogP contribution in [0.5, 0.6) is 0 Å². The Bertz CT molecular complexity index is 200. The minimum absolute atomic E-state index is 1.16. The molecule has 0 aromatic heterocycles. The molecule has 4 nitrogen and oxygen atoms in total. The molecule has 0 spiro atoms. The fraction of sp³-hybridized carbons (Fsp3) is 0.833. The largest absolute Gasteiger partial charge is 0.415 e. The van der Waals surface area contributed by atoms with Crippen LogP contribution in [-0.2, 0) is 19.3 Å². The third-order valence-electron chi connectivity index (χ3n) is 0.860. The number of halogens is 6. The number of hydrogen-bond acceptors (Lipinski definition) is 4. The lowest BCUT2D eigenvalue weighted by atomic mass is 10.7. The van der Waals surface area contributed by atoms with E-state index < -0.39 is 38.1 Å². The molecule has 0 N–H and O–H groups in total. The maximum Gasteiger partial charge on any atom is 0.415 e. The first-order chi connectivity index (χ1) is 7.10. The van der Waals surface area contributed by atoms with Gasteiger partial charge in [-0.2, -0.15) is 31.2 Å². The van der Waals surface area contributed by atoms with E-state index >= 15 is 0 Å². The molecule has 0 unspecified atom stereocenters. The van der Waals surface area contributed by atoms with Gasteiger partial charge in [0.25, 0.3) is 0 Å². The summed E-state index contributed by atoms with van der Waals surface area (Å²) in [6.45, 7) is -4.71. The van der Waals surface area contributed by atoms with E-state index in [1.54, 1.807) is 0 Å². The van der Waals surface area contributed by atoms with Crippen molar-refractivity contribution in [3.05, 3.63) is 0 Å². The maximum atomic E-state index is 11.5. The van der Waals surface area contributed by atoms with Crippen molar-refractivity contribution in [1.29, 1.82) is 0 Å². The second-order valence-corrected chi connectivity index (χ2v) is 2.44. The molecule has 0 rings (SSSR count). The van der Waals surface area contributed by atoms with Crippen LogP contribution in [-0.4, -0.2) is 38.1 Å². The Kier molecular flexibility index (Phi) is 5.51. The van der Waals surface area contributed by atoms with E-state index in [4.69, 9.17) is 0 Å². The van der Waals surface area contributed by atoms with Crippen LogP contribution in [0.2, 0.25) is 0 Å². The van der Waals surface area contributed by atoms with Crippen LogP contribution in [0.3, 0.4) is 0 Å². The highest BCUT2D eigenvalue weighted by molar-refractivity contribution is 5.69. The number of carbonyl (C=O) groups excluding carboxylic acids is 1. The van der Waals surface area contributed by atoms with Gasteiger partial charge in [0, 0.05) is 0 Å². The van der Waals surface area contributed by atoms with Gasteiger partial charge in [0.1, 0.15) is 13.2 Å². The zero-order valence-electron chi connectivity index (χ0n) is 7.52. The van der Waals surface area contributed by atoms with Crippen molar-refractivity contribution < 1.29 is 45.6 Å². The van der Waals surface area contributed by atoms with E-state index in [-0.39, 0.29) is 0 Å². The zero-order valence-corrected chi connectivity index (χ0v) is 7.52. The SMILES string of the molecule is O=C(COCC(F)(F)F)OOCC(F)(F)F. The fourth-order valence-electron chi connectivity index (χ4n) is 0.436. The Balaban J connectivity index is 3.53.